The topological polar surface area (TPSA) is 78.9 Å². The molecule has 0 heterocycles. The fourth-order valence-electron chi connectivity index (χ4n) is 2.92. The van der Waals surface area contributed by atoms with E-state index >= 15 is 0 Å². The van der Waals surface area contributed by atoms with Gasteiger partial charge < -0.3 is 14.2 Å². The van der Waals surface area contributed by atoms with E-state index in [1.807, 2.05) is 12.1 Å². The largest absolute Gasteiger partial charge is 0.462 e. The van der Waals surface area contributed by atoms with Crippen molar-refractivity contribution >= 4 is 17.9 Å². The van der Waals surface area contributed by atoms with E-state index in [4.69, 9.17) is 14.2 Å². The lowest BCUT2D eigenvalue weighted by Crippen LogP contribution is -2.09. The van der Waals surface area contributed by atoms with Crippen LogP contribution in [0.3, 0.4) is 0 Å². The molecule has 2 rings (SSSR count). The number of hydrogen-bond donors (Lipinski definition) is 0. The maximum Gasteiger partial charge on any atom is 0.343 e. The number of benzene rings is 2. The van der Waals surface area contributed by atoms with Crippen LogP contribution < -0.4 is 4.74 Å². The standard InChI is InChI=1S/C26H30O6/c1-4-30-25(28)21-14-16-23(17-15-21)32-26(29)22-12-10-20(11-13-22)9-7-5-6-8-18-31-24(27)19(2)3/h10-17H,2,4-9,18H2,1,3H3. The Balaban J connectivity index is 1.71. The summed E-state index contributed by atoms with van der Waals surface area (Å²) < 4.78 is 15.4. The van der Waals surface area contributed by atoms with Crippen molar-refractivity contribution in [2.75, 3.05) is 13.2 Å². The normalized spacial score (nSPS) is 10.3. The number of ether oxygens (including phenoxy) is 3. The van der Waals surface area contributed by atoms with Gasteiger partial charge in [0.15, 0.2) is 0 Å². The minimum Gasteiger partial charge on any atom is -0.462 e. The molecule has 32 heavy (non-hydrogen) atoms. The van der Waals surface area contributed by atoms with E-state index in [1.165, 1.54) is 0 Å². The summed E-state index contributed by atoms with van der Waals surface area (Å²) in [6.45, 7) is 7.66. The lowest BCUT2D eigenvalue weighted by atomic mass is 10.0. The fraction of sp³-hybridized carbons (Fsp3) is 0.346. The summed E-state index contributed by atoms with van der Waals surface area (Å²) in [5.41, 5.74) is 2.43. The van der Waals surface area contributed by atoms with Gasteiger partial charge in [-0.1, -0.05) is 31.6 Å². The van der Waals surface area contributed by atoms with Gasteiger partial charge >= 0.3 is 17.9 Å². The molecule has 0 fully saturated rings. The van der Waals surface area contributed by atoms with Crippen molar-refractivity contribution in [3.8, 4) is 5.75 Å². The van der Waals surface area contributed by atoms with Crippen molar-refractivity contribution in [3.63, 3.8) is 0 Å². The van der Waals surface area contributed by atoms with Crippen LogP contribution in [0.2, 0.25) is 0 Å². The zero-order valence-electron chi connectivity index (χ0n) is 18.7. The molecule has 2 aromatic carbocycles. The monoisotopic (exact) mass is 438 g/mol. The Hall–Kier alpha value is -3.41. The van der Waals surface area contributed by atoms with E-state index in [0.717, 1.165) is 37.7 Å². The molecule has 0 saturated carbocycles. The van der Waals surface area contributed by atoms with Gasteiger partial charge in [-0.3, -0.25) is 0 Å². The van der Waals surface area contributed by atoms with Crippen molar-refractivity contribution in [1.82, 2.24) is 0 Å². The summed E-state index contributed by atoms with van der Waals surface area (Å²) in [6.07, 6.45) is 4.80. The van der Waals surface area contributed by atoms with Crippen LogP contribution in [0.4, 0.5) is 0 Å². The summed E-state index contributed by atoms with van der Waals surface area (Å²) >= 11 is 0. The first-order valence-corrected chi connectivity index (χ1v) is 10.8. The molecule has 2 aromatic rings. The minimum atomic E-state index is -0.454. The molecule has 170 valence electrons. The van der Waals surface area contributed by atoms with E-state index in [9.17, 15) is 14.4 Å². The van der Waals surface area contributed by atoms with Crippen LogP contribution in [0.1, 0.15) is 65.8 Å². The molecule has 0 aliphatic heterocycles. The van der Waals surface area contributed by atoms with Gasteiger partial charge in [-0.05, 0) is 75.1 Å². The Morgan fingerprint density at radius 1 is 0.781 bits per heavy atom. The summed E-state index contributed by atoms with van der Waals surface area (Å²) in [7, 11) is 0. The predicted octanol–water partition coefficient (Wildman–Crippen LogP) is 5.30. The lowest BCUT2D eigenvalue weighted by molar-refractivity contribution is -0.139. The number of unbranched alkanes of at least 4 members (excludes halogenated alkanes) is 3. The van der Waals surface area contributed by atoms with Gasteiger partial charge in [-0.25, -0.2) is 14.4 Å². The molecule has 0 aromatic heterocycles. The fourth-order valence-corrected chi connectivity index (χ4v) is 2.92. The molecular weight excluding hydrogens is 408 g/mol. The van der Waals surface area contributed by atoms with Crippen LogP contribution in [-0.2, 0) is 20.7 Å². The molecule has 0 saturated heterocycles. The molecule has 0 spiro atoms. The first-order valence-electron chi connectivity index (χ1n) is 10.8. The molecule has 0 aliphatic carbocycles. The quantitative estimate of drug-likeness (QED) is 0.194. The van der Waals surface area contributed by atoms with Gasteiger partial charge in [0.25, 0.3) is 0 Å². The minimum absolute atomic E-state index is 0.304. The SMILES string of the molecule is C=C(C)C(=O)OCCCCCCc1ccc(C(=O)Oc2ccc(C(=O)OCC)cc2)cc1. The number of esters is 3. The maximum atomic E-state index is 12.3. The van der Waals surface area contributed by atoms with Crippen molar-refractivity contribution < 1.29 is 28.6 Å². The zero-order chi connectivity index (χ0) is 23.3. The Kier molecular flexibility index (Phi) is 10.2. The van der Waals surface area contributed by atoms with Crippen LogP contribution in [0.5, 0.6) is 5.75 Å². The second-order valence-electron chi connectivity index (χ2n) is 7.41. The van der Waals surface area contributed by atoms with Crippen molar-refractivity contribution in [2.45, 2.75) is 46.0 Å². The van der Waals surface area contributed by atoms with Crippen molar-refractivity contribution in [1.29, 1.82) is 0 Å². The molecule has 0 N–H and O–H groups in total. The number of carbonyl (C=O) groups excluding carboxylic acids is 3. The maximum absolute atomic E-state index is 12.3. The van der Waals surface area contributed by atoms with E-state index in [0.29, 0.717) is 35.7 Å². The highest BCUT2D eigenvalue weighted by Crippen LogP contribution is 2.16. The number of aryl methyl sites for hydroxylation is 1. The average Bonchev–Trinajstić information content (AvgIpc) is 2.79. The summed E-state index contributed by atoms with van der Waals surface area (Å²) in [5.74, 6) is -0.838. The summed E-state index contributed by atoms with van der Waals surface area (Å²) in [6, 6.07) is 13.6. The highest BCUT2D eigenvalue weighted by molar-refractivity contribution is 5.92. The molecule has 0 unspecified atom stereocenters. The van der Waals surface area contributed by atoms with Crippen LogP contribution in [0, 0.1) is 0 Å². The van der Waals surface area contributed by atoms with Gasteiger partial charge in [-0.15, -0.1) is 0 Å². The smallest absolute Gasteiger partial charge is 0.343 e. The zero-order valence-corrected chi connectivity index (χ0v) is 18.7. The van der Waals surface area contributed by atoms with Crippen molar-refractivity contribution in [3.05, 3.63) is 77.4 Å². The third kappa shape index (κ3) is 8.38. The third-order valence-corrected chi connectivity index (χ3v) is 4.71. The number of hydrogen-bond acceptors (Lipinski definition) is 6. The van der Waals surface area contributed by atoms with Crippen LogP contribution >= 0.6 is 0 Å². The lowest BCUT2D eigenvalue weighted by Gasteiger charge is -2.07. The summed E-state index contributed by atoms with van der Waals surface area (Å²) in [4.78, 5) is 35.3. The molecular formula is C26H30O6. The Morgan fingerprint density at radius 3 is 2.00 bits per heavy atom. The molecule has 0 aliphatic rings. The van der Waals surface area contributed by atoms with Gasteiger partial charge in [0.2, 0.25) is 0 Å². The van der Waals surface area contributed by atoms with E-state index in [-0.39, 0.29) is 5.97 Å². The summed E-state index contributed by atoms with van der Waals surface area (Å²) in [5, 5.41) is 0. The third-order valence-electron chi connectivity index (χ3n) is 4.71. The molecule has 0 atom stereocenters. The highest BCUT2D eigenvalue weighted by Gasteiger charge is 2.11. The second kappa shape index (κ2) is 13.1. The van der Waals surface area contributed by atoms with Crippen molar-refractivity contribution in [2.24, 2.45) is 0 Å². The Bertz CT molecular complexity index is 912. The van der Waals surface area contributed by atoms with Gasteiger partial charge in [0.1, 0.15) is 5.75 Å². The first kappa shape index (κ1) is 24.9. The number of rotatable bonds is 12. The molecule has 0 radical (unpaired) electrons. The van der Waals surface area contributed by atoms with Crippen LogP contribution in [0.15, 0.2) is 60.7 Å². The van der Waals surface area contributed by atoms with E-state index in [1.54, 1.807) is 50.2 Å². The molecule has 0 amide bonds. The molecule has 0 bridgehead atoms. The Labute approximate surface area is 189 Å². The Morgan fingerprint density at radius 2 is 1.38 bits per heavy atom. The molecule has 6 nitrogen and oxygen atoms in total. The van der Waals surface area contributed by atoms with Crippen LogP contribution in [0.25, 0.3) is 0 Å². The van der Waals surface area contributed by atoms with Gasteiger partial charge in [0, 0.05) is 5.57 Å². The highest BCUT2D eigenvalue weighted by atomic mass is 16.5. The molecule has 6 heteroatoms. The van der Waals surface area contributed by atoms with Gasteiger partial charge in [0.05, 0.1) is 24.3 Å². The van der Waals surface area contributed by atoms with E-state index in [2.05, 4.69) is 6.58 Å². The predicted molar refractivity (Wildman–Crippen MR) is 122 cm³/mol. The average molecular weight is 439 g/mol. The van der Waals surface area contributed by atoms with Crippen LogP contribution in [-0.4, -0.2) is 31.1 Å². The first-order chi connectivity index (χ1) is 15.4. The van der Waals surface area contributed by atoms with E-state index < -0.39 is 11.9 Å². The second-order valence-corrected chi connectivity index (χ2v) is 7.41. The van der Waals surface area contributed by atoms with Gasteiger partial charge in [-0.2, -0.15) is 0 Å². The number of carbonyl (C=O) groups is 3.